The molecule has 1 aliphatic rings. The Labute approximate surface area is 120 Å². The van der Waals surface area contributed by atoms with Crippen LogP contribution in [0.15, 0.2) is 30.3 Å². The van der Waals surface area contributed by atoms with Crippen LogP contribution in [0.3, 0.4) is 0 Å². The molecule has 19 heavy (non-hydrogen) atoms. The third kappa shape index (κ3) is 3.83. The molecule has 1 fully saturated rings. The first kappa shape index (κ1) is 14.6. The molecule has 0 N–H and O–H groups in total. The Morgan fingerprint density at radius 2 is 2.16 bits per heavy atom. The molecule has 0 unspecified atom stereocenters. The van der Waals surface area contributed by atoms with E-state index >= 15 is 0 Å². The van der Waals surface area contributed by atoms with Crippen LogP contribution in [0.25, 0.3) is 0 Å². The van der Waals surface area contributed by atoms with Gasteiger partial charge in [0.25, 0.3) is 0 Å². The first-order chi connectivity index (χ1) is 9.22. The number of benzene rings is 1. The van der Waals surface area contributed by atoms with Crippen molar-refractivity contribution in [3.8, 4) is 0 Å². The predicted molar refractivity (Wildman–Crippen MR) is 82.9 cm³/mol. The number of hydrogen-bond donors (Lipinski definition) is 0. The van der Waals surface area contributed by atoms with Gasteiger partial charge in [0, 0.05) is 29.8 Å². The predicted octanol–water partition coefficient (Wildman–Crippen LogP) is 3.33. The fourth-order valence-electron chi connectivity index (χ4n) is 2.81. The number of rotatable bonds is 5. The van der Waals surface area contributed by atoms with Crippen LogP contribution in [0.2, 0.25) is 0 Å². The molecule has 0 spiro atoms. The van der Waals surface area contributed by atoms with Gasteiger partial charge < -0.3 is 0 Å². The summed E-state index contributed by atoms with van der Waals surface area (Å²) in [4.78, 5) is 15.0. The van der Waals surface area contributed by atoms with E-state index in [-0.39, 0.29) is 5.92 Å². The lowest BCUT2D eigenvalue weighted by Crippen LogP contribution is -2.44. The highest BCUT2D eigenvalue weighted by atomic mass is 32.2. The SMILES string of the molecule is CSC[C@H](C)N1CCC[C@H](C(=O)c2ccccc2)C1. The number of carbonyl (C=O) groups is 1. The molecule has 0 radical (unpaired) electrons. The second-order valence-corrected chi connectivity index (χ2v) is 6.28. The molecular weight excluding hydrogens is 254 g/mol. The van der Waals surface area contributed by atoms with Crippen molar-refractivity contribution in [2.75, 3.05) is 25.1 Å². The Morgan fingerprint density at radius 1 is 1.42 bits per heavy atom. The molecule has 1 aromatic carbocycles. The summed E-state index contributed by atoms with van der Waals surface area (Å²) < 4.78 is 0. The zero-order valence-electron chi connectivity index (χ0n) is 11.8. The van der Waals surface area contributed by atoms with E-state index in [0.717, 1.165) is 37.2 Å². The van der Waals surface area contributed by atoms with Crippen molar-refractivity contribution in [3.63, 3.8) is 0 Å². The van der Waals surface area contributed by atoms with Gasteiger partial charge in [-0.2, -0.15) is 11.8 Å². The molecule has 3 heteroatoms. The van der Waals surface area contributed by atoms with Crippen LogP contribution < -0.4 is 0 Å². The van der Waals surface area contributed by atoms with Gasteiger partial charge in [-0.05, 0) is 32.6 Å². The van der Waals surface area contributed by atoms with E-state index in [9.17, 15) is 4.79 Å². The third-order valence-corrected chi connectivity index (χ3v) is 4.73. The van der Waals surface area contributed by atoms with Crippen LogP contribution in [-0.4, -0.2) is 41.8 Å². The average molecular weight is 277 g/mol. The fraction of sp³-hybridized carbons (Fsp3) is 0.562. The van der Waals surface area contributed by atoms with Gasteiger partial charge in [-0.1, -0.05) is 30.3 Å². The minimum Gasteiger partial charge on any atom is -0.299 e. The van der Waals surface area contributed by atoms with Crippen molar-refractivity contribution in [2.45, 2.75) is 25.8 Å². The maximum absolute atomic E-state index is 12.5. The standard InChI is InChI=1S/C16H23NOS/c1-13(12-19-2)17-10-6-9-15(11-17)16(18)14-7-4-3-5-8-14/h3-5,7-8,13,15H,6,9-12H2,1-2H3/t13-,15-/m0/s1. The van der Waals surface area contributed by atoms with Crippen LogP contribution in [0.5, 0.6) is 0 Å². The van der Waals surface area contributed by atoms with Crippen LogP contribution in [0, 0.1) is 5.92 Å². The zero-order chi connectivity index (χ0) is 13.7. The quantitative estimate of drug-likeness (QED) is 0.770. The summed E-state index contributed by atoms with van der Waals surface area (Å²) >= 11 is 1.88. The van der Waals surface area contributed by atoms with E-state index in [1.54, 1.807) is 0 Å². The molecule has 0 bridgehead atoms. The number of carbonyl (C=O) groups excluding carboxylic acids is 1. The molecule has 1 saturated heterocycles. The zero-order valence-corrected chi connectivity index (χ0v) is 12.7. The molecule has 1 aromatic rings. The van der Waals surface area contributed by atoms with E-state index in [2.05, 4.69) is 18.1 Å². The van der Waals surface area contributed by atoms with Crippen LogP contribution in [0.1, 0.15) is 30.1 Å². The topological polar surface area (TPSA) is 20.3 Å². The van der Waals surface area contributed by atoms with E-state index in [1.165, 1.54) is 0 Å². The van der Waals surface area contributed by atoms with Gasteiger partial charge in [-0.25, -0.2) is 0 Å². The van der Waals surface area contributed by atoms with Gasteiger partial charge in [0.05, 0.1) is 0 Å². The molecule has 1 heterocycles. The monoisotopic (exact) mass is 277 g/mol. The minimum absolute atomic E-state index is 0.181. The third-order valence-electron chi connectivity index (χ3n) is 3.91. The first-order valence-electron chi connectivity index (χ1n) is 7.04. The molecule has 2 rings (SSSR count). The van der Waals surface area contributed by atoms with Crippen LogP contribution in [-0.2, 0) is 0 Å². The smallest absolute Gasteiger partial charge is 0.167 e. The molecule has 0 saturated carbocycles. The van der Waals surface area contributed by atoms with Gasteiger partial charge in [0.1, 0.15) is 0 Å². The van der Waals surface area contributed by atoms with E-state index in [4.69, 9.17) is 0 Å². The molecule has 0 aliphatic carbocycles. The van der Waals surface area contributed by atoms with Gasteiger partial charge in [0.15, 0.2) is 5.78 Å². The van der Waals surface area contributed by atoms with Crippen molar-refractivity contribution in [1.82, 2.24) is 4.90 Å². The lowest BCUT2D eigenvalue weighted by Gasteiger charge is -2.36. The molecule has 0 amide bonds. The number of piperidine rings is 1. The van der Waals surface area contributed by atoms with Crippen molar-refractivity contribution in [1.29, 1.82) is 0 Å². The summed E-state index contributed by atoms with van der Waals surface area (Å²) in [5.41, 5.74) is 0.867. The van der Waals surface area contributed by atoms with Gasteiger partial charge in [-0.15, -0.1) is 0 Å². The van der Waals surface area contributed by atoms with E-state index in [1.807, 2.05) is 42.1 Å². The Kier molecular flexibility index (Phi) is 5.46. The molecule has 1 aliphatic heterocycles. The highest BCUT2D eigenvalue weighted by Crippen LogP contribution is 2.23. The Balaban J connectivity index is 1.99. The Hall–Kier alpha value is -0.800. The lowest BCUT2D eigenvalue weighted by atomic mass is 9.89. The Morgan fingerprint density at radius 3 is 2.84 bits per heavy atom. The summed E-state index contributed by atoms with van der Waals surface area (Å²) in [6, 6.07) is 10.3. The molecule has 104 valence electrons. The highest BCUT2D eigenvalue weighted by Gasteiger charge is 2.28. The summed E-state index contributed by atoms with van der Waals surface area (Å²) in [6.07, 6.45) is 4.32. The van der Waals surface area contributed by atoms with E-state index < -0.39 is 0 Å². The van der Waals surface area contributed by atoms with Crippen molar-refractivity contribution in [3.05, 3.63) is 35.9 Å². The van der Waals surface area contributed by atoms with Gasteiger partial charge in [-0.3, -0.25) is 9.69 Å². The molecule has 2 atom stereocenters. The number of ketones is 1. The number of nitrogens with zero attached hydrogens (tertiary/aromatic N) is 1. The highest BCUT2D eigenvalue weighted by molar-refractivity contribution is 7.98. The molecule has 0 aromatic heterocycles. The number of hydrogen-bond acceptors (Lipinski definition) is 3. The summed E-state index contributed by atoms with van der Waals surface area (Å²) in [6.45, 7) is 4.33. The normalized spacial score (nSPS) is 22.1. The van der Waals surface area contributed by atoms with Gasteiger partial charge >= 0.3 is 0 Å². The number of Topliss-reactive ketones (excluding diaryl/α,β-unsaturated/α-hetero) is 1. The summed E-state index contributed by atoms with van der Waals surface area (Å²) in [7, 11) is 0. The second kappa shape index (κ2) is 7.11. The van der Waals surface area contributed by atoms with Crippen LogP contribution in [0.4, 0.5) is 0 Å². The van der Waals surface area contributed by atoms with Crippen molar-refractivity contribution < 1.29 is 4.79 Å². The van der Waals surface area contributed by atoms with Crippen molar-refractivity contribution >= 4 is 17.5 Å². The van der Waals surface area contributed by atoms with Crippen LogP contribution >= 0.6 is 11.8 Å². The lowest BCUT2D eigenvalue weighted by molar-refractivity contribution is 0.0784. The summed E-state index contributed by atoms with van der Waals surface area (Å²) in [5, 5.41) is 0. The maximum Gasteiger partial charge on any atom is 0.167 e. The number of thioether (sulfide) groups is 1. The largest absolute Gasteiger partial charge is 0.299 e. The first-order valence-corrected chi connectivity index (χ1v) is 8.44. The molecular formula is C16H23NOS. The van der Waals surface area contributed by atoms with E-state index in [0.29, 0.717) is 11.8 Å². The number of likely N-dealkylation sites (tertiary alicyclic amines) is 1. The second-order valence-electron chi connectivity index (χ2n) is 5.37. The fourth-order valence-corrected chi connectivity index (χ4v) is 3.50. The average Bonchev–Trinajstić information content (AvgIpc) is 2.48. The Bertz CT molecular complexity index is 406. The molecule has 2 nitrogen and oxygen atoms in total. The summed E-state index contributed by atoms with van der Waals surface area (Å²) in [5.74, 6) is 1.65. The van der Waals surface area contributed by atoms with Crippen molar-refractivity contribution in [2.24, 2.45) is 5.92 Å². The maximum atomic E-state index is 12.5. The minimum atomic E-state index is 0.181. The van der Waals surface area contributed by atoms with Gasteiger partial charge in [0.2, 0.25) is 0 Å².